The summed E-state index contributed by atoms with van der Waals surface area (Å²) >= 11 is 1.41. The van der Waals surface area contributed by atoms with E-state index in [0.29, 0.717) is 18.1 Å². The predicted molar refractivity (Wildman–Crippen MR) is 81.6 cm³/mol. The normalized spacial score (nSPS) is 13.3. The number of hydrogen-bond acceptors (Lipinski definition) is 5. The Bertz CT molecular complexity index is 665. The lowest BCUT2D eigenvalue weighted by Gasteiger charge is -2.15. The van der Waals surface area contributed by atoms with E-state index >= 15 is 0 Å². The van der Waals surface area contributed by atoms with Crippen molar-refractivity contribution in [2.24, 2.45) is 10.9 Å². The number of aromatic nitrogens is 3. The first kappa shape index (κ1) is 15.2. The van der Waals surface area contributed by atoms with Crippen molar-refractivity contribution >= 4 is 17.6 Å². The molecular formula is C13H17N5O2S. The molecule has 1 heterocycles. The van der Waals surface area contributed by atoms with E-state index < -0.39 is 0 Å². The Hall–Kier alpha value is -2.22. The summed E-state index contributed by atoms with van der Waals surface area (Å²) in [4.78, 5) is 11.6. The van der Waals surface area contributed by atoms with Crippen LogP contribution in [-0.4, -0.2) is 25.8 Å². The van der Waals surface area contributed by atoms with Crippen LogP contribution < -0.4 is 11.4 Å². The van der Waals surface area contributed by atoms with Crippen LogP contribution in [0.5, 0.6) is 0 Å². The highest BCUT2D eigenvalue weighted by atomic mass is 32.2. The molecule has 2 rings (SSSR count). The summed E-state index contributed by atoms with van der Waals surface area (Å²) in [6, 6.07) is 9.69. The van der Waals surface area contributed by atoms with Crippen LogP contribution in [0.1, 0.15) is 24.2 Å². The van der Waals surface area contributed by atoms with Crippen molar-refractivity contribution in [2.75, 3.05) is 0 Å². The standard InChI is InChI=1S/C13H17N5O2S/c1-2-18-12(19)15-16-13(18)21-10(8-11(14)17-20)9-6-4-3-5-7-9/h3-7,10,20H,2,8H2,1H3,(H2,14,17)(H,15,19). The third-order valence-corrected chi connectivity index (χ3v) is 4.23. The van der Waals surface area contributed by atoms with Crippen molar-refractivity contribution in [3.05, 3.63) is 46.4 Å². The van der Waals surface area contributed by atoms with Crippen molar-refractivity contribution in [3.8, 4) is 0 Å². The van der Waals surface area contributed by atoms with Gasteiger partial charge in [0.05, 0.1) is 0 Å². The number of H-pyrrole nitrogens is 1. The number of nitrogens with one attached hydrogen (secondary N) is 1. The van der Waals surface area contributed by atoms with Crippen LogP contribution in [0.4, 0.5) is 0 Å². The zero-order valence-corrected chi connectivity index (χ0v) is 12.4. The SMILES string of the molecule is CCn1c(SC(CC(N)=NO)c2ccccc2)n[nH]c1=O. The van der Waals surface area contributed by atoms with Gasteiger partial charge in [-0.3, -0.25) is 4.57 Å². The maximum absolute atomic E-state index is 11.6. The molecule has 0 radical (unpaired) electrons. The van der Waals surface area contributed by atoms with Crippen LogP contribution in [0.15, 0.2) is 45.4 Å². The van der Waals surface area contributed by atoms with E-state index in [9.17, 15) is 4.79 Å². The van der Waals surface area contributed by atoms with E-state index in [4.69, 9.17) is 10.9 Å². The largest absolute Gasteiger partial charge is 0.409 e. The third-order valence-electron chi connectivity index (χ3n) is 2.98. The molecule has 8 heteroatoms. The molecule has 21 heavy (non-hydrogen) atoms. The summed E-state index contributed by atoms with van der Waals surface area (Å²) in [5.41, 5.74) is 6.41. The van der Waals surface area contributed by atoms with E-state index in [0.717, 1.165) is 5.56 Å². The van der Waals surface area contributed by atoms with E-state index in [1.165, 1.54) is 11.8 Å². The highest BCUT2D eigenvalue weighted by Crippen LogP contribution is 2.36. The first-order chi connectivity index (χ1) is 10.2. The molecule has 0 saturated carbocycles. The van der Waals surface area contributed by atoms with Crippen molar-refractivity contribution in [1.82, 2.24) is 14.8 Å². The van der Waals surface area contributed by atoms with Gasteiger partial charge in [-0.05, 0) is 12.5 Å². The summed E-state index contributed by atoms with van der Waals surface area (Å²) in [5.74, 6) is 0.136. The van der Waals surface area contributed by atoms with Gasteiger partial charge < -0.3 is 10.9 Å². The highest BCUT2D eigenvalue weighted by molar-refractivity contribution is 7.99. The van der Waals surface area contributed by atoms with Gasteiger partial charge in [0.1, 0.15) is 5.84 Å². The van der Waals surface area contributed by atoms with Gasteiger partial charge in [-0.1, -0.05) is 47.2 Å². The smallest absolute Gasteiger partial charge is 0.343 e. The first-order valence-corrected chi connectivity index (χ1v) is 7.36. The Kier molecular flexibility index (Phi) is 5.04. The monoisotopic (exact) mass is 307 g/mol. The van der Waals surface area contributed by atoms with Crippen LogP contribution in [0, 0.1) is 0 Å². The molecule has 0 fully saturated rings. The van der Waals surface area contributed by atoms with E-state index in [1.807, 2.05) is 37.3 Å². The number of thioether (sulfide) groups is 1. The molecule has 1 aromatic carbocycles. The first-order valence-electron chi connectivity index (χ1n) is 6.49. The Morgan fingerprint density at radius 3 is 2.86 bits per heavy atom. The molecule has 112 valence electrons. The number of hydrogen-bond donors (Lipinski definition) is 3. The van der Waals surface area contributed by atoms with Crippen molar-refractivity contribution in [2.45, 2.75) is 30.3 Å². The fourth-order valence-corrected chi connectivity index (χ4v) is 3.16. The number of nitrogens with zero attached hydrogens (tertiary/aromatic N) is 3. The van der Waals surface area contributed by atoms with Gasteiger partial charge in [-0.25, -0.2) is 9.89 Å². The van der Waals surface area contributed by atoms with E-state index in [2.05, 4.69) is 15.4 Å². The van der Waals surface area contributed by atoms with E-state index in [1.54, 1.807) is 4.57 Å². The molecule has 1 atom stereocenters. The maximum Gasteiger partial charge on any atom is 0.343 e. The molecule has 0 aliphatic carbocycles. The summed E-state index contributed by atoms with van der Waals surface area (Å²) in [7, 11) is 0. The van der Waals surface area contributed by atoms with Crippen LogP contribution >= 0.6 is 11.8 Å². The number of oxime groups is 1. The number of aromatic amines is 1. The average molecular weight is 307 g/mol. The molecular weight excluding hydrogens is 290 g/mol. The minimum Gasteiger partial charge on any atom is -0.409 e. The van der Waals surface area contributed by atoms with Crippen molar-refractivity contribution in [3.63, 3.8) is 0 Å². The molecule has 7 nitrogen and oxygen atoms in total. The molecule has 0 bridgehead atoms. The number of nitrogens with two attached hydrogens (primary N) is 1. The fraction of sp³-hybridized carbons (Fsp3) is 0.308. The summed E-state index contributed by atoms with van der Waals surface area (Å²) in [5, 5.41) is 18.8. The Labute approximate surface area is 125 Å². The number of rotatable bonds is 6. The van der Waals surface area contributed by atoms with Gasteiger partial charge in [0, 0.05) is 18.2 Å². The van der Waals surface area contributed by atoms with Crippen LogP contribution in [0.25, 0.3) is 0 Å². The van der Waals surface area contributed by atoms with Crippen LogP contribution in [0.2, 0.25) is 0 Å². The molecule has 0 aliphatic rings. The highest BCUT2D eigenvalue weighted by Gasteiger charge is 2.19. The van der Waals surface area contributed by atoms with Gasteiger partial charge in [-0.15, -0.1) is 5.10 Å². The second-order valence-electron chi connectivity index (χ2n) is 4.37. The number of amidine groups is 1. The van der Waals surface area contributed by atoms with Crippen molar-refractivity contribution in [1.29, 1.82) is 0 Å². The average Bonchev–Trinajstić information content (AvgIpc) is 2.87. The topological polar surface area (TPSA) is 109 Å². The Balaban J connectivity index is 2.29. The van der Waals surface area contributed by atoms with E-state index in [-0.39, 0.29) is 16.8 Å². The summed E-state index contributed by atoms with van der Waals surface area (Å²) in [6.07, 6.45) is 0.357. The number of benzene rings is 1. The molecule has 2 aromatic rings. The second kappa shape index (κ2) is 6.98. The Morgan fingerprint density at radius 2 is 2.24 bits per heavy atom. The van der Waals surface area contributed by atoms with Gasteiger partial charge in [0.15, 0.2) is 5.16 Å². The van der Waals surface area contributed by atoms with Gasteiger partial charge in [-0.2, -0.15) is 0 Å². The molecule has 1 aromatic heterocycles. The fourth-order valence-electron chi connectivity index (χ4n) is 1.93. The molecule has 0 aliphatic heterocycles. The second-order valence-corrected chi connectivity index (χ2v) is 5.54. The summed E-state index contributed by atoms with van der Waals surface area (Å²) < 4.78 is 1.55. The zero-order valence-electron chi connectivity index (χ0n) is 11.6. The molecule has 0 spiro atoms. The predicted octanol–water partition coefficient (Wildman–Crippen LogP) is 1.56. The minimum atomic E-state index is -0.240. The zero-order chi connectivity index (χ0) is 15.2. The molecule has 0 saturated heterocycles. The van der Waals surface area contributed by atoms with Crippen LogP contribution in [0.3, 0.4) is 0 Å². The molecule has 1 unspecified atom stereocenters. The lowest BCUT2D eigenvalue weighted by molar-refractivity contribution is 0.317. The quantitative estimate of drug-likeness (QED) is 0.247. The maximum atomic E-state index is 11.6. The van der Waals surface area contributed by atoms with Crippen molar-refractivity contribution < 1.29 is 5.21 Å². The van der Waals surface area contributed by atoms with Gasteiger partial charge >= 0.3 is 5.69 Å². The minimum absolute atomic E-state index is 0.0948. The molecule has 4 N–H and O–H groups in total. The van der Waals surface area contributed by atoms with Crippen LogP contribution in [-0.2, 0) is 6.54 Å². The summed E-state index contributed by atoms with van der Waals surface area (Å²) in [6.45, 7) is 2.41. The lowest BCUT2D eigenvalue weighted by Crippen LogP contribution is -2.17. The van der Waals surface area contributed by atoms with Gasteiger partial charge in [0.25, 0.3) is 0 Å². The lowest BCUT2D eigenvalue weighted by atomic mass is 10.1. The molecule has 0 amide bonds. The Morgan fingerprint density at radius 1 is 1.52 bits per heavy atom. The third kappa shape index (κ3) is 3.66. The van der Waals surface area contributed by atoms with Gasteiger partial charge in [0.2, 0.25) is 0 Å².